The van der Waals surface area contributed by atoms with Crippen molar-refractivity contribution >= 4 is 0 Å². The third-order valence-corrected chi connectivity index (χ3v) is 5.60. The standard InChI is InChI=1S/C24H32O.2C2H6/c1-3-4-5-6-7-8-11-21-22-12-9-10-13-24(22)25-18-23(21)20-16-14-19(2)15-17-20;2*1-2/h9-10,12-17,21,23H,3-8,11,18H2,1-2H3;2*1-2H3. The molecule has 0 aliphatic carbocycles. The monoisotopic (exact) mass is 396 g/mol. The normalized spacial score (nSPS) is 17.0. The molecule has 1 aliphatic heterocycles. The first-order valence-electron chi connectivity index (χ1n) is 12.1. The first kappa shape index (κ1) is 25.3. The lowest BCUT2D eigenvalue weighted by Gasteiger charge is -2.34. The average Bonchev–Trinajstić information content (AvgIpc) is 2.79. The fraction of sp³-hybridized carbons (Fsp3) is 0.571. The molecular formula is C28H44O. The van der Waals surface area contributed by atoms with Gasteiger partial charge in [-0.15, -0.1) is 0 Å². The maximum absolute atomic E-state index is 6.11. The van der Waals surface area contributed by atoms with E-state index in [2.05, 4.69) is 62.4 Å². The van der Waals surface area contributed by atoms with Gasteiger partial charge in [0.2, 0.25) is 0 Å². The number of para-hydroxylation sites is 1. The summed E-state index contributed by atoms with van der Waals surface area (Å²) in [5, 5.41) is 0. The summed E-state index contributed by atoms with van der Waals surface area (Å²) in [5.74, 6) is 2.16. The van der Waals surface area contributed by atoms with Gasteiger partial charge in [-0.3, -0.25) is 0 Å². The van der Waals surface area contributed by atoms with Crippen LogP contribution in [0.3, 0.4) is 0 Å². The maximum atomic E-state index is 6.11. The topological polar surface area (TPSA) is 9.23 Å². The molecule has 2 unspecified atom stereocenters. The molecule has 2 atom stereocenters. The molecule has 1 heteroatoms. The van der Waals surface area contributed by atoms with Crippen LogP contribution in [-0.2, 0) is 0 Å². The van der Waals surface area contributed by atoms with Gasteiger partial charge in [0.15, 0.2) is 0 Å². The van der Waals surface area contributed by atoms with Gasteiger partial charge in [0.1, 0.15) is 5.75 Å². The van der Waals surface area contributed by atoms with Crippen LogP contribution in [0, 0.1) is 6.92 Å². The molecule has 1 nitrogen and oxygen atoms in total. The first-order valence-corrected chi connectivity index (χ1v) is 12.1. The van der Waals surface area contributed by atoms with Crippen LogP contribution in [-0.4, -0.2) is 6.61 Å². The zero-order chi connectivity index (χ0) is 21.5. The molecule has 0 radical (unpaired) electrons. The van der Waals surface area contributed by atoms with E-state index in [1.54, 1.807) is 0 Å². The van der Waals surface area contributed by atoms with Crippen molar-refractivity contribution < 1.29 is 4.74 Å². The van der Waals surface area contributed by atoms with Crippen LogP contribution in [0.25, 0.3) is 0 Å². The number of ether oxygens (including phenoxy) is 1. The summed E-state index contributed by atoms with van der Waals surface area (Å²) in [7, 11) is 0. The van der Waals surface area contributed by atoms with E-state index in [9.17, 15) is 0 Å². The molecule has 0 N–H and O–H groups in total. The van der Waals surface area contributed by atoms with E-state index in [4.69, 9.17) is 4.74 Å². The molecule has 3 rings (SSSR count). The van der Waals surface area contributed by atoms with Crippen LogP contribution < -0.4 is 4.74 Å². The van der Waals surface area contributed by atoms with Crippen molar-refractivity contribution in [1.82, 2.24) is 0 Å². The Kier molecular flexibility index (Phi) is 13.2. The van der Waals surface area contributed by atoms with Crippen LogP contribution >= 0.6 is 0 Å². The summed E-state index contributed by atoms with van der Waals surface area (Å²) in [6, 6.07) is 17.7. The van der Waals surface area contributed by atoms with Gasteiger partial charge in [-0.1, -0.05) is 121 Å². The van der Waals surface area contributed by atoms with Crippen LogP contribution in [0.2, 0.25) is 0 Å². The Hall–Kier alpha value is -1.76. The Morgan fingerprint density at radius 2 is 1.41 bits per heavy atom. The highest BCUT2D eigenvalue weighted by Crippen LogP contribution is 2.44. The molecule has 0 saturated carbocycles. The van der Waals surface area contributed by atoms with Crippen molar-refractivity contribution in [3.05, 3.63) is 65.2 Å². The highest BCUT2D eigenvalue weighted by atomic mass is 16.5. The van der Waals surface area contributed by atoms with Gasteiger partial charge in [-0.2, -0.15) is 0 Å². The number of rotatable bonds is 8. The van der Waals surface area contributed by atoms with E-state index in [0.717, 1.165) is 12.4 Å². The molecule has 1 heterocycles. The SMILES string of the molecule is CC.CC.CCCCCCCCC1c2ccccc2OCC1c1ccc(C)cc1. The van der Waals surface area contributed by atoms with Crippen molar-refractivity contribution in [1.29, 1.82) is 0 Å². The lowest BCUT2D eigenvalue weighted by Crippen LogP contribution is -2.24. The molecule has 2 aromatic rings. The largest absolute Gasteiger partial charge is 0.493 e. The van der Waals surface area contributed by atoms with Gasteiger partial charge < -0.3 is 4.74 Å². The summed E-state index contributed by atoms with van der Waals surface area (Å²) in [6.45, 7) is 13.2. The highest BCUT2D eigenvalue weighted by molar-refractivity contribution is 5.41. The molecular weight excluding hydrogens is 352 g/mol. The average molecular weight is 397 g/mol. The van der Waals surface area contributed by atoms with Crippen molar-refractivity contribution in [2.75, 3.05) is 6.61 Å². The molecule has 2 aromatic carbocycles. The third-order valence-electron chi connectivity index (χ3n) is 5.60. The second-order valence-electron chi connectivity index (χ2n) is 7.53. The van der Waals surface area contributed by atoms with Gasteiger partial charge in [0.05, 0.1) is 6.61 Å². The molecule has 0 bridgehead atoms. The predicted octanol–water partition coefficient (Wildman–Crippen LogP) is 9.06. The minimum Gasteiger partial charge on any atom is -0.493 e. The third kappa shape index (κ3) is 7.88. The van der Waals surface area contributed by atoms with Crippen LogP contribution in [0.15, 0.2) is 48.5 Å². The number of aryl methyl sites for hydroxylation is 1. The van der Waals surface area contributed by atoms with E-state index in [1.165, 1.54) is 61.6 Å². The van der Waals surface area contributed by atoms with Crippen LogP contribution in [0.5, 0.6) is 5.75 Å². The molecule has 162 valence electrons. The number of fused-ring (bicyclic) bond motifs is 1. The lowest BCUT2D eigenvalue weighted by atomic mass is 9.77. The van der Waals surface area contributed by atoms with Gasteiger partial charge in [0, 0.05) is 5.92 Å². The Morgan fingerprint density at radius 3 is 2.10 bits per heavy atom. The second-order valence-corrected chi connectivity index (χ2v) is 7.53. The van der Waals surface area contributed by atoms with Crippen LogP contribution in [0.1, 0.15) is 108 Å². The van der Waals surface area contributed by atoms with Crippen molar-refractivity contribution in [3.63, 3.8) is 0 Å². The summed E-state index contributed by atoms with van der Waals surface area (Å²) in [5.41, 5.74) is 4.16. The summed E-state index contributed by atoms with van der Waals surface area (Å²) in [4.78, 5) is 0. The summed E-state index contributed by atoms with van der Waals surface area (Å²) < 4.78 is 6.11. The Balaban J connectivity index is 0.000000989. The van der Waals surface area contributed by atoms with E-state index in [0.29, 0.717) is 11.8 Å². The Labute approximate surface area is 180 Å². The van der Waals surface area contributed by atoms with Gasteiger partial charge in [-0.05, 0) is 36.5 Å². The van der Waals surface area contributed by atoms with E-state index in [-0.39, 0.29) is 0 Å². The Bertz CT molecular complexity index is 644. The number of hydrogen-bond donors (Lipinski definition) is 0. The minimum atomic E-state index is 0.478. The zero-order valence-corrected chi connectivity index (χ0v) is 19.8. The predicted molar refractivity (Wildman–Crippen MR) is 129 cm³/mol. The van der Waals surface area contributed by atoms with E-state index < -0.39 is 0 Å². The molecule has 1 aliphatic rings. The van der Waals surface area contributed by atoms with E-state index in [1.807, 2.05) is 27.7 Å². The molecule has 0 amide bonds. The fourth-order valence-electron chi connectivity index (χ4n) is 4.07. The molecule has 0 fully saturated rings. The van der Waals surface area contributed by atoms with Crippen molar-refractivity contribution in [2.24, 2.45) is 0 Å². The van der Waals surface area contributed by atoms with Gasteiger partial charge in [0.25, 0.3) is 0 Å². The van der Waals surface area contributed by atoms with Crippen LogP contribution in [0.4, 0.5) is 0 Å². The maximum Gasteiger partial charge on any atom is 0.122 e. The summed E-state index contributed by atoms with van der Waals surface area (Å²) in [6.07, 6.45) is 9.43. The zero-order valence-electron chi connectivity index (χ0n) is 19.8. The number of benzene rings is 2. The molecule has 0 aromatic heterocycles. The summed E-state index contributed by atoms with van der Waals surface area (Å²) >= 11 is 0. The number of unbranched alkanes of at least 4 members (excludes halogenated alkanes) is 5. The quantitative estimate of drug-likeness (QED) is 0.404. The molecule has 0 spiro atoms. The fourth-order valence-corrected chi connectivity index (χ4v) is 4.07. The van der Waals surface area contributed by atoms with Crippen molar-refractivity contribution in [2.45, 2.75) is 98.3 Å². The molecule has 29 heavy (non-hydrogen) atoms. The van der Waals surface area contributed by atoms with E-state index >= 15 is 0 Å². The number of hydrogen-bond acceptors (Lipinski definition) is 1. The van der Waals surface area contributed by atoms with Gasteiger partial charge >= 0.3 is 0 Å². The Morgan fingerprint density at radius 1 is 0.793 bits per heavy atom. The lowest BCUT2D eigenvalue weighted by molar-refractivity contribution is 0.231. The first-order chi connectivity index (χ1) is 14.3. The highest BCUT2D eigenvalue weighted by Gasteiger charge is 2.31. The van der Waals surface area contributed by atoms with Gasteiger partial charge in [-0.25, -0.2) is 0 Å². The van der Waals surface area contributed by atoms with Crippen molar-refractivity contribution in [3.8, 4) is 5.75 Å². The minimum absolute atomic E-state index is 0.478. The second kappa shape index (κ2) is 15.1. The molecule has 0 saturated heterocycles. The smallest absolute Gasteiger partial charge is 0.122 e.